The van der Waals surface area contributed by atoms with Gasteiger partial charge in [-0.05, 0) is 61.0 Å². The van der Waals surface area contributed by atoms with Crippen LogP contribution in [-0.4, -0.2) is 29.1 Å². The molecule has 0 aromatic heterocycles. The van der Waals surface area contributed by atoms with Gasteiger partial charge in [0.25, 0.3) is 5.91 Å². The SMILES string of the molecule is CCCOc1cccc(/C=C2/SC(=Nc3ccccc3)N(CC)C2=O)c1. The van der Waals surface area contributed by atoms with Gasteiger partial charge in [-0.3, -0.25) is 9.69 Å². The van der Waals surface area contributed by atoms with Crippen molar-refractivity contribution in [1.82, 2.24) is 4.90 Å². The highest BCUT2D eigenvalue weighted by molar-refractivity contribution is 8.18. The molecule has 1 aliphatic rings. The zero-order valence-electron chi connectivity index (χ0n) is 15.0. The van der Waals surface area contributed by atoms with Crippen molar-refractivity contribution in [3.63, 3.8) is 0 Å². The number of thioether (sulfide) groups is 1. The first-order valence-corrected chi connectivity index (χ1v) is 9.61. The average Bonchev–Trinajstić information content (AvgIpc) is 2.95. The number of para-hydroxylation sites is 1. The van der Waals surface area contributed by atoms with E-state index in [0.29, 0.717) is 23.2 Å². The third-order valence-electron chi connectivity index (χ3n) is 3.81. The number of aliphatic imine (C=N–C) groups is 1. The van der Waals surface area contributed by atoms with Crippen LogP contribution in [0, 0.1) is 0 Å². The second-order valence-electron chi connectivity index (χ2n) is 5.81. The van der Waals surface area contributed by atoms with Gasteiger partial charge in [0.1, 0.15) is 5.75 Å². The van der Waals surface area contributed by atoms with Crippen molar-refractivity contribution >= 4 is 34.6 Å². The molecule has 134 valence electrons. The topological polar surface area (TPSA) is 41.9 Å². The van der Waals surface area contributed by atoms with Crippen LogP contribution in [0.3, 0.4) is 0 Å². The number of amides is 1. The van der Waals surface area contributed by atoms with Gasteiger partial charge in [0.05, 0.1) is 17.2 Å². The van der Waals surface area contributed by atoms with E-state index in [9.17, 15) is 4.79 Å². The maximum Gasteiger partial charge on any atom is 0.266 e. The molecular formula is C21H22N2O2S. The number of benzene rings is 2. The van der Waals surface area contributed by atoms with Crippen LogP contribution in [0.15, 0.2) is 64.5 Å². The molecule has 3 rings (SSSR count). The molecule has 0 spiro atoms. The van der Waals surface area contributed by atoms with Gasteiger partial charge in [0.2, 0.25) is 0 Å². The standard InChI is InChI=1S/C21H22N2O2S/c1-3-13-25-18-12-8-9-16(14-18)15-19-20(24)23(4-2)21(26-19)22-17-10-6-5-7-11-17/h5-12,14-15H,3-4,13H2,1-2H3/b19-15+,22-21?. The van der Waals surface area contributed by atoms with Gasteiger partial charge >= 0.3 is 0 Å². The van der Waals surface area contributed by atoms with Gasteiger partial charge in [-0.15, -0.1) is 0 Å². The summed E-state index contributed by atoms with van der Waals surface area (Å²) in [6.45, 7) is 5.31. The molecule has 2 aromatic rings. The van der Waals surface area contributed by atoms with Crippen molar-refractivity contribution in [3.05, 3.63) is 65.1 Å². The Morgan fingerprint density at radius 2 is 1.92 bits per heavy atom. The summed E-state index contributed by atoms with van der Waals surface area (Å²) in [5.74, 6) is 0.814. The van der Waals surface area contributed by atoms with Crippen LogP contribution in [0.25, 0.3) is 6.08 Å². The summed E-state index contributed by atoms with van der Waals surface area (Å²) in [6.07, 6.45) is 2.87. The molecular weight excluding hydrogens is 344 g/mol. The molecule has 0 radical (unpaired) electrons. The molecule has 1 amide bonds. The molecule has 1 fully saturated rings. The molecule has 1 aliphatic heterocycles. The fraction of sp³-hybridized carbons (Fsp3) is 0.238. The van der Waals surface area contributed by atoms with E-state index in [0.717, 1.165) is 23.4 Å². The summed E-state index contributed by atoms with van der Waals surface area (Å²) in [5.41, 5.74) is 1.80. The minimum atomic E-state index is -0.00735. The summed E-state index contributed by atoms with van der Waals surface area (Å²) in [5, 5.41) is 0.716. The molecule has 5 heteroatoms. The number of nitrogens with zero attached hydrogens (tertiary/aromatic N) is 2. The highest BCUT2D eigenvalue weighted by atomic mass is 32.2. The summed E-state index contributed by atoms with van der Waals surface area (Å²) in [7, 11) is 0. The Morgan fingerprint density at radius 3 is 2.65 bits per heavy atom. The fourth-order valence-corrected chi connectivity index (χ4v) is 3.61. The second-order valence-corrected chi connectivity index (χ2v) is 6.82. The summed E-state index contributed by atoms with van der Waals surface area (Å²) >= 11 is 1.41. The normalized spacial score (nSPS) is 17.3. The Kier molecular flexibility index (Phi) is 6.12. The third kappa shape index (κ3) is 4.35. The van der Waals surface area contributed by atoms with Crippen LogP contribution in [-0.2, 0) is 4.79 Å². The average molecular weight is 366 g/mol. The van der Waals surface area contributed by atoms with E-state index in [1.165, 1.54) is 11.8 Å². The molecule has 1 heterocycles. The van der Waals surface area contributed by atoms with Crippen LogP contribution in [0.5, 0.6) is 5.75 Å². The van der Waals surface area contributed by atoms with E-state index >= 15 is 0 Å². The monoisotopic (exact) mass is 366 g/mol. The predicted molar refractivity (Wildman–Crippen MR) is 109 cm³/mol. The zero-order valence-corrected chi connectivity index (χ0v) is 15.8. The Balaban J connectivity index is 1.85. The number of amidine groups is 1. The maximum absolute atomic E-state index is 12.7. The number of likely N-dealkylation sites (N-methyl/N-ethyl adjacent to an activating group) is 1. The maximum atomic E-state index is 12.7. The smallest absolute Gasteiger partial charge is 0.266 e. The zero-order chi connectivity index (χ0) is 18.4. The Labute approximate surface area is 158 Å². The molecule has 0 unspecified atom stereocenters. The Bertz CT molecular complexity index is 831. The van der Waals surface area contributed by atoms with Crippen LogP contribution in [0.1, 0.15) is 25.8 Å². The molecule has 4 nitrogen and oxygen atoms in total. The lowest BCUT2D eigenvalue weighted by Crippen LogP contribution is -2.28. The lowest BCUT2D eigenvalue weighted by Gasteiger charge is -2.11. The van der Waals surface area contributed by atoms with E-state index in [4.69, 9.17) is 4.74 Å². The minimum absolute atomic E-state index is 0.00735. The van der Waals surface area contributed by atoms with Gasteiger partial charge in [-0.2, -0.15) is 0 Å². The van der Waals surface area contributed by atoms with Crippen LogP contribution >= 0.6 is 11.8 Å². The van der Waals surface area contributed by atoms with Crippen molar-refractivity contribution < 1.29 is 9.53 Å². The van der Waals surface area contributed by atoms with Crippen molar-refractivity contribution in [2.75, 3.05) is 13.2 Å². The highest BCUT2D eigenvalue weighted by Crippen LogP contribution is 2.34. The first kappa shape index (κ1) is 18.3. The van der Waals surface area contributed by atoms with Gasteiger partial charge in [-0.25, -0.2) is 4.99 Å². The van der Waals surface area contributed by atoms with Gasteiger partial charge in [0.15, 0.2) is 5.17 Å². The number of rotatable bonds is 6. The molecule has 0 saturated carbocycles. The van der Waals surface area contributed by atoms with Gasteiger partial charge in [0, 0.05) is 6.54 Å². The van der Waals surface area contributed by atoms with Crippen molar-refractivity contribution in [3.8, 4) is 5.75 Å². The molecule has 0 atom stereocenters. The molecule has 0 aliphatic carbocycles. The van der Waals surface area contributed by atoms with E-state index < -0.39 is 0 Å². The third-order valence-corrected chi connectivity index (χ3v) is 4.82. The van der Waals surface area contributed by atoms with E-state index in [-0.39, 0.29) is 5.91 Å². The second kappa shape index (κ2) is 8.72. The number of hydrogen-bond donors (Lipinski definition) is 0. The Hall–Kier alpha value is -2.53. The van der Waals surface area contributed by atoms with E-state index in [2.05, 4.69) is 11.9 Å². The molecule has 0 bridgehead atoms. The summed E-state index contributed by atoms with van der Waals surface area (Å²) < 4.78 is 5.67. The predicted octanol–water partition coefficient (Wildman–Crippen LogP) is 5.10. The fourth-order valence-electron chi connectivity index (χ4n) is 2.55. The van der Waals surface area contributed by atoms with Crippen LogP contribution < -0.4 is 4.74 Å². The summed E-state index contributed by atoms with van der Waals surface area (Å²) in [6, 6.07) is 17.5. The summed E-state index contributed by atoms with van der Waals surface area (Å²) in [4.78, 5) is 19.7. The molecule has 2 aromatic carbocycles. The lowest BCUT2D eigenvalue weighted by molar-refractivity contribution is -0.122. The number of carbonyl (C=O) groups excluding carboxylic acids is 1. The number of hydrogen-bond acceptors (Lipinski definition) is 4. The van der Waals surface area contributed by atoms with Crippen molar-refractivity contribution in [2.45, 2.75) is 20.3 Å². The first-order chi connectivity index (χ1) is 12.7. The van der Waals surface area contributed by atoms with Gasteiger partial charge in [-0.1, -0.05) is 37.3 Å². The van der Waals surface area contributed by atoms with Gasteiger partial charge < -0.3 is 4.74 Å². The number of carbonyl (C=O) groups is 1. The highest BCUT2D eigenvalue weighted by Gasteiger charge is 2.32. The number of ether oxygens (including phenoxy) is 1. The van der Waals surface area contributed by atoms with Crippen molar-refractivity contribution in [1.29, 1.82) is 0 Å². The van der Waals surface area contributed by atoms with E-state index in [1.54, 1.807) is 4.90 Å². The largest absolute Gasteiger partial charge is 0.494 e. The lowest BCUT2D eigenvalue weighted by atomic mass is 10.2. The van der Waals surface area contributed by atoms with E-state index in [1.807, 2.05) is 67.6 Å². The van der Waals surface area contributed by atoms with Crippen LogP contribution in [0.4, 0.5) is 5.69 Å². The molecule has 0 N–H and O–H groups in total. The quantitative estimate of drug-likeness (QED) is 0.668. The van der Waals surface area contributed by atoms with Crippen LogP contribution in [0.2, 0.25) is 0 Å². The molecule has 26 heavy (non-hydrogen) atoms. The Morgan fingerprint density at radius 1 is 1.12 bits per heavy atom. The van der Waals surface area contributed by atoms with Crippen molar-refractivity contribution in [2.24, 2.45) is 4.99 Å². The first-order valence-electron chi connectivity index (χ1n) is 8.79. The minimum Gasteiger partial charge on any atom is -0.494 e. The molecule has 1 saturated heterocycles.